The largest absolute Gasteiger partial charge is 0.497 e. The number of rotatable bonds is 4. The maximum absolute atomic E-state index is 6.21. The van der Waals surface area contributed by atoms with E-state index in [4.69, 9.17) is 15.2 Å². The minimum absolute atomic E-state index is 0. The van der Waals surface area contributed by atoms with Crippen molar-refractivity contribution in [3.63, 3.8) is 0 Å². The summed E-state index contributed by atoms with van der Waals surface area (Å²) in [6, 6.07) is 7.55. The van der Waals surface area contributed by atoms with E-state index in [2.05, 4.69) is 0 Å². The number of ether oxygens (including phenoxy) is 2. The minimum atomic E-state index is -0.165. The van der Waals surface area contributed by atoms with Crippen molar-refractivity contribution in [3.05, 3.63) is 46.2 Å². The second kappa shape index (κ2) is 6.64. The first-order chi connectivity index (χ1) is 8.26. The highest BCUT2D eigenvalue weighted by molar-refractivity contribution is 7.08. The van der Waals surface area contributed by atoms with Gasteiger partial charge in [0.1, 0.15) is 11.5 Å². The molecule has 0 aliphatic heterocycles. The minimum Gasteiger partial charge on any atom is -0.497 e. The molecule has 1 aromatic heterocycles. The van der Waals surface area contributed by atoms with Crippen molar-refractivity contribution in [1.82, 2.24) is 0 Å². The Kier molecular flexibility index (Phi) is 5.47. The summed E-state index contributed by atoms with van der Waals surface area (Å²) >= 11 is 1.64. The molecule has 0 amide bonds. The van der Waals surface area contributed by atoms with E-state index in [0.717, 1.165) is 22.6 Å². The Morgan fingerprint density at radius 3 is 2.50 bits per heavy atom. The molecule has 3 nitrogen and oxygen atoms in total. The molecule has 2 aromatic rings. The maximum Gasteiger partial charge on any atom is 0.127 e. The first-order valence-electron chi connectivity index (χ1n) is 5.26. The number of hydrogen-bond donors (Lipinski definition) is 1. The van der Waals surface area contributed by atoms with E-state index >= 15 is 0 Å². The lowest BCUT2D eigenvalue weighted by Crippen LogP contribution is -2.12. The van der Waals surface area contributed by atoms with Gasteiger partial charge in [-0.15, -0.1) is 12.4 Å². The highest BCUT2D eigenvalue weighted by Crippen LogP contribution is 2.32. The van der Waals surface area contributed by atoms with Gasteiger partial charge in [-0.05, 0) is 34.5 Å². The van der Waals surface area contributed by atoms with Crippen LogP contribution in [0.15, 0.2) is 35.0 Å². The van der Waals surface area contributed by atoms with Gasteiger partial charge in [0.2, 0.25) is 0 Å². The first-order valence-corrected chi connectivity index (χ1v) is 6.20. The van der Waals surface area contributed by atoms with Crippen molar-refractivity contribution in [2.75, 3.05) is 14.2 Å². The van der Waals surface area contributed by atoms with E-state index in [1.165, 1.54) is 0 Å². The number of halogens is 1. The zero-order valence-electron chi connectivity index (χ0n) is 10.3. The van der Waals surface area contributed by atoms with Crippen LogP contribution in [0.5, 0.6) is 11.5 Å². The summed E-state index contributed by atoms with van der Waals surface area (Å²) in [7, 11) is 3.27. The topological polar surface area (TPSA) is 44.5 Å². The number of benzene rings is 1. The molecule has 0 spiro atoms. The predicted molar refractivity (Wildman–Crippen MR) is 77.1 cm³/mol. The highest BCUT2D eigenvalue weighted by atomic mass is 35.5. The molecule has 1 aromatic carbocycles. The standard InChI is InChI=1S/C13H15NO2S.ClH/c1-15-10-3-4-11(12(7-10)16-2)13(14)9-5-6-17-8-9;/h3-8,13H,14H2,1-2H3;1H/t13-;/m0./s1. The monoisotopic (exact) mass is 285 g/mol. The fraction of sp³-hybridized carbons (Fsp3) is 0.231. The van der Waals surface area contributed by atoms with Crippen molar-refractivity contribution < 1.29 is 9.47 Å². The van der Waals surface area contributed by atoms with Gasteiger partial charge < -0.3 is 15.2 Å². The molecule has 18 heavy (non-hydrogen) atoms. The summed E-state index contributed by atoms with van der Waals surface area (Å²) < 4.78 is 10.5. The van der Waals surface area contributed by atoms with Crippen molar-refractivity contribution in [2.45, 2.75) is 6.04 Å². The van der Waals surface area contributed by atoms with Gasteiger partial charge in [-0.3, -0.25) is 0 Å². The molecule has 0 aliphatic rings. The smallest absolute Gasteiger partial charge is 0.127 e. The lowest BCUT2D eigenvalue weighted by Gasteiger charge is -2.15. The quantitative estimate of drug-likeness (QED) is 0.938. The van der Waals surface area contributed by atoms with E-state index in [1.807, 2.05) is 35.0 Å². The Morgan fingerprint density at radius 2 is 1.94 bits per heavy atom. The van der Waals surface area contributed by atoms with Crippen molar-refractivity contribution in [1.29, 1.82) is 0 Å². The van der Waals surface area contributed by atoms with E-state index in [0.29, 0.717) is 0 Å². The lowest BCUT2D eigenvalue weighted by atomic mass is 10.0. The Hall–Kier alpha value is -1.23. The predicted octanol–water partition coefficient (Wildman–Crippen LogP) is 3.24. The van der Waals surface area contributed by atoms with Gasteiger partial charge in [-0.2, -0.15) is 11.3 Å². The third-order valence-corrected chi connectivity index (χ3v) is 3.38. The zero-order chi connectivity index (χ0) is 12.3. The Labute approximate surface area is 117 Å². The van der Waals surface area contributed by atoms with Crippen LogP contribution >= 0.6 is 23.7 Å². The van der Waals surface area contributed by atoms with Gasteiger partial charge in [0, 0.05) is 11.6 Å². The third-order valence-electron chi connectivity index (χ3n) is 2.68. The van der Waals surface area contributed by atoms with Gasteiger partial charge in [-0.25, -0.2) is 0 Å². The van der Waals surface area contributed by atoms with Crippen molar-refractivity contribution in [2.24, 2.45) is 5.73 Å². The van der Waals surface area contributed by atoms with Crippen LogP contribution < -0.4 is 15.2 Å². The molecule has 0 fully saturated rings. The second-order valence-electron chi connectivity index (χ2n) is 3.64. The molecule has 0 bridgehead atoms. The maximum atomic E-state index is 6.21. The molecular weight excluding hydrogens is 270 g/mol. The summed E-state index contributed by atoms with van der Waals surface area (Å²) in [5.41, 5.74) is 8.27. The van der Waals surface area contributed by atoms with E-state index in [1.54, 1.807) is 25.6 Å². The summed E-state index contributed by atoms with van der Waals surface area (Å²) in [6.07, 6.45) is 0. The molecule has 98 valence electrons. The molecule has 1 heterocycles. The van der Waals surface area contributed by atoms with Crippen LogP contribution in [0, 0.1) is 0 Å². The Balaban J connectivity index is 0.00000162. The van der Waals surface area contributed by atoms with Crippen LogP contribution in [0.4, 0.5) is 0 Å². The van der Waals surface area contributed by atoms with E-state index in [-0.39, 0.29) is 18.4 Å². The van der Waals surface area contributed by atoms with Gasteiger partial charge in [0.05, 0.1) is 20.3 Å². The molecule has 1 atom stereocenters. The Morgan fingerprint density at radius 1 is 1.17 bits per heavy atom. The summed E-state index contributed by atoms with van der Waals surface area (Å²) in [5, 5.41) is 4.07. The number of nitrogens with two attached hydrogens (primary N) is 1. The number of hydrogen-bond acceptors (Lipinski definition) is 4. The van der Waals surface area contributed by atoms with Gasteiger partial charge in [0.25, 0.3) is 0 Å². The average Bonchev–Trinajstić information content (AvgIpc) is 2.91. The van der Waals surface area contributed by atoms with Gasteiger partial charge in [-0.1, -0.05) is 0 Å². The molecule has 0 aliphatic carbocycles. The van der Waals surface area contributed by atoms with E-state index < -0.39 is 0 Å². The van der Waals surface area contributed by atoms with Crippen molar-refractivity contribution >= 4 is 23.7 Å². The van der Waals surface area contributed by atoms with Crippen LogP contribution in [0.2, 0.25) is 0 Å². The van der Waals surface area contributed by atoms with Crippen LogP contribution in [-0.4, -0.2) is 14.2 Å². The van der Waals surface area contributed by atoms with Crippen LogP contribution in [-0.2, 0) is 0 Å². The molecule has 2 rings (SSSR count). The second-order valence-corrected chi connectivity index (χ2v) is 4.42. The molecular formula is C13H16ClNO2S. The van der Waals surface area contributed by atoms with E-state index in [9.17, 15) is 0 Å². The number of methoxy groups -OCH3 is 2. The van der Waals surface area contributed by atoms with Crippen LogP contribution in [0.25, 0.3) is 0 Å². The average molecular weight is 286 g/mol. The van der Waals surface area contributed by atoms with Crippen molar-refractivity contribution in [3.8, 4) is 11.5 Å². The molecule has 5 heteroatoms. The SMILES string of the molecule is COc1ccc([C@@H](N)c2ccsc2)c(OC)c1.Cl. The van der Waals surface area contributed by atoms with Crippen LogP contribution in [0.1, 0.15) is 17.2 Å². The number of thiophene rings is 1. The highest BCUT2D eigenvalue weighted by Gasteiger charge is 2.14. The van der Waals surface area contributed by atoms with Crippen LogP contribution in [0.3, 0.4) is 0 Å². The molecule has 0 saturated carbocycles. The first kappa shape index (κ1) is 14.8. The molecule has 0 unspecified atom stereocenters. The third kappa shape index (κ3) is 2.96. The zero-order valence-corrected chi connectivity index (χ0v) is 11.9. The fourth-order valence-corrected chi connectivity index (χ4v) is 2.40. The lowest BCUT2D eigenvalue weighted by molar-refractivity contribution is 0.390. The Bertz CT molecular complexity index is 488. The summed E-state index contributed by atoms with van der Waals surface area (Å²) in [6.45, 7) is 0. The fourth-order valence-electron chi connectivity index (χ4n) is 1.71. The van der Waals surface area contributed by atoms with Gasteiger partial charge >= 0.3 is 0 Å². The van der Waals surface area contributed by atoms with Gasteiger partial charge in [0.15, 0.2) is 0 Å². The molecule has 2 N–H and O–H groups in total. The normalized spacial score (nSPS) is 11.5. The summed E-state index contributed by atoms with van der Waals surface area (Å²) in [5.74, 6) is 1.52. The molecule has 0 saturated heterocycles. The molecule has 0 radical (unpaired) electrons. The summed E-state index contributed by atoms with van der Waals surface area (Å²) in [4.78, 5) is 0.